The number of aromatic nitrogens is 2. The summed E-state index contributed by atoms with van der Waals surface area (Å²) in [6.07, 6.45) is 1.42. The van der Waals surface area contributed by atoms with E-state index in [2.05, 4.69) is 30.5 Å². The minimum atomic E-state index is -0.236. The maximum absolute atomic E-state index is 10.0. The van der Waals surface area contributed by atoms with Gasteiger partial charge in [-0.3, -0.25) is 4.90 Å². The van der Waals surface area contributed by atoms with Gasteiger partial charge in [-0.05, 0) is 11.4 Å². The summed E-state index contributed by atoms with van der Waals surface area (Å²) in [4.78, 5) is 13.5. The fourth-order valence-electron chi connectivity index (χ4n) is 3.29. The van der Waals surface area contributed by atoms with E-state index in [0.717, 1.165) is 44.1 Å². The van der Waals surface area contributed by atoms with E-state index in [9.17, 15) is 5.11 Å². The second-order valence-electron chi connectivity index (χ2n) is 5.65. The fraction of sp³-hybridized carbons (Fsp3) is 0.571. The van der Waals surface area contributed by atoms with Crippen LogP contribution < -0.4 is 10.2 Å². The molecular weight excluding hydrogens is 286 g/mol. The minimum Gasteiger partial charge on any atom is -0.390 e. The van der Waals surface area contributed by atoms with Gasteiger partial charge >= 0.3 is 0 Å². The molecule has 7 heteroatoms. The maximum atomic E-state index is 10.0. The molecule has 0 unspecified atom stereocenters. The maximum Gasteiger partial charge on any atom is 0.150 e. The second kappa shape index (κ2) is 5.49. The minimum absolute atomic E-state index is 0.236. The first-order valence-electron chi connectivity index (χ1n) is 7.39. The van der Waals surface area contributed by atoms with E-state index in [-0.39, 0.29) is 12.1 Å². The van der Waals surface area contributed by atoms with E-state index in [1.165, 1.54) is 4.70 Å². The molecule has 2 aliphatic heterocycles. The summed E-state index contributed by atoms with van der Waals surface area (Å²) >= 11 is 1.70. The highest BCUT2D eigenvalue weighted by atomic mass is 32.1. The number of rotatable bonds is 2. The Balaban J connectivity index is 1.49. The molecule has 4 heterocycles. The van der Waals surface area contributed by atoms with Crippen LogP contribution in [0.5, 0.6) is 0 Å². The van der Waals surface area contributed by atoms with Crippen molar-refractivity contribution in [3.8, 4) is 0 Å². The third-order valence-electron chi connectivity index (χ3n) is 4.46. The van der Waals surface area contributed by atoms with Crippen LogP contribution >= 0.6 is 11.3 Å². The molecule has 0 spiro atoms. The lowest BCUT2D eigenvalue weighted by atomic mass is 10.1. The standard InChI is InChI=1S/C14H19N5OS/c20-12-8-15-7-11(12)18-2-4-19(5-3-18)14-13-10(1-6-21-13)16-9-17-14/h1,6,9,11-12,15,20H,2-5,7-8H2/t11-,12-/m0/s1. The molecule has 2 aliphatic rings. The summed E-state index contributed by atoms with van der Waals surface area (Å²) in [5.74, 6) is 1.06. The Morgan fingerprint density at radius 1 is 1.19 bits per heavy atom. The van der Waals surface area contributed by atoms with E-state index in [1.54, 1.807) is 17.7 Å². The Hall–Kier alpha value is -1.28. The molecule has 2 aromatic rings. The number of piperazine rings is 1. The largest absolute Gasteiger partial charge is 0.390 e. The molecule has 0 saturated carbocycles. The molecular formula is C14H19N5OS. The smallest absolute Gasteiger partial charge is 0.150 e. The average molecular weight is 305 g/mol. The Bertz CT molecular complexity index is 625. The van der Waals surface area contributed by atoms with Gasteiger partial charge in [0.05, 0.1) is 16.3 Å². The molecule has 0 aliphatic carbocycles. The summed E-state index contributed by atoms with van der Waals surface area (Å²) in [6, 6.07) is 2.31. The van der Waals surface area contributed by atoms with E-state index in [1.807, 2.05) is 6.07 Å². The molecule has 0 radical (unpaired) electrons. The van der Waals surface area contributed by atoms with Crippen molar-refractivity contribution in [3.05, 3.63) is 17.8 Å². The summed E-state index contributed by atoms with van der Waals surface area (Å²) < 4.78 is 1.17. The first-order valence-corrected chi connectivity index (χ1v) is 8.27. The zero-order valence-electron chi connectivity index (χ0n) is 11.8. The van der Waals surface area contributed by atoms with E-state index >= 15 is 0 Å². The number of hydrogen-bond acceptors (Lipinski definition) is 7. The highest BCUT2D eigenvalue weighted by molar-refractivity contribution is 7.17. The lowest BCUT2D eigenvalue weighted by Gasteiger charge is -2.39. The van der Waals surface area contributed by atoms with E-state index < -0.39 is 0 Å². The first-order chi connectivity index (χ1) is 10.3. The summed E-state index contributed by atoms with van der Waals surface area (Å²) in [7, 11) is 0. The van der Waals surface area contributed by atoms with Crippen LogP contribution in [-0.4, -0.2) is 71.4 Å². The predicted molar refractivity (Wildman–Crippen MR) is 83.9 cm³/mol. The first kappa shape index (κ1) is 13.4. The molecule has 2 saturated heterocycles. The van der Waals surface area contributed by atoms with Gasteiger partial charge in [-0.15, -0.1) is 11.3 Å². The van der Waals surface area contributed by atoms with Gasteiger partial charge in [0.2, 0.25) is 0 Å². The zero-order valence-corrected chi connectivity index (χ0v) is 12.6. The van der Waals surface area contributed by atoms with Gasteiger partial charge in [0.15, 0.2) is 0 Å². The summed E-state index contributed by atoms with van der Waals surface area (Å²) in [6.45, 7) is 5.46. The van der Waals surface area contributed by atoms with Crippen LogP contribution in [0.1, 0.15) is 0 Å². The van der Waals surface area contributed by atoms with Gasteiger partial charge in [0, 0.05) is 45.3 Å². The molecule has 112 valence electrons. The fourth-order valence-corrected chi connectivity index (χ4v) is 4.15. The van der Waals surface area contributed by atoms with Gasteiger partial charge in [-0.2, -0.15) is 0 Å². The highest BCUT2D eigenvalue weighted by Crippen LogP contribution is 2.28. The predicted octanol–water partition coefficient (Wildman–Crippen LogP) is 0.146. The van der Waals surface area contributed by atoms with Crippen LogP contribution in [0.2, 0.25) is 0 Å². The van der Waals surface area contributed by atoms with Crippen molar-refractivity contribution in [2.45, 2.75) is 12.1 Å². The molecule has 21 heavy (non-hydrogen) atoms. The van der Waals surface area contributed by atoms with Gasteiger partial charge in [-0.1, -0.05) is 0 Å². The quantitative estimate of drug-likeness (QED) is 0.823. The molecule has 2 N–H and O–H groups in total. The molecule has 0 bridgehead atoms. The third kappa shape index (κ3) is 2.40. The molecule has 6 nitrogen and oxygen atoms in total. The van der Waals surface area contributed by atoms with Crippen molar-refractivity contribution in [2.24, 2.45) is 0 Å². The van der Waals surface area contributed by atoms with Crippen LogP contribution in [0, 0.1) is 0 Å². The van der Waals surface area contributed by atoms with Crippen molar-refractivity contribution in [1.29, 1.82) is 0 Å². The molecule has 0 aromatic carbocycles. The Morgan fingerprint density at radius 2 is 2.05 bits per heavy atom. The molecule has 0 amide bonds. The Morgan fingerprint density at radius 3 is 2.81 bits per heavy atom. The zero-order chi connectivity index (χ0) is 14.2. The van der Waals surface area contributed by atoms with E-state index in [4.69, 9.17) is 0 Å². The number of nitrogens with one attached hydrogen (secondary N) is 1. The SMILES string of the molecule is O[C@H]1CNC[C@@H]1N1CCN(c2ncnc3ccsc23)CC1. The molecule has 4 rings (SSSR count). The van der Waals surface area contributed by atoms with Crippen molar-refractivity contribution >= 4 is 27.4 Å². The topological polar surface area (TPSA) is 64.5 Å². The monoisotopic (exact) mass is 305 g/mol. The Kier molecular flexibility index (Phi) is 3.50. The summed E-state index contributed by atoms with van der Waals surface area (Å²) in [5, 5.41) is 15.3. The van der Waals surface area contributed by atoms with Crippen LogP contribution in [0.4, 0.5) is 5.82 Å². The molecule has 2 atom stereocenters. The van der Waals surface area contributed by atoms with Crippen LogP contribution in [-0.2, 0) is 0 Å². The number of fused-ring (bicyclic) bond motifs is 1. The van der Waals surface area contributed by atoms with Gasteiger partial charge in [-0.25, -0.2) is 9.97 Å². The summed E-state index contributed by atoms with van der Waals surface area (Å²) in [5.41, 5.74) is 1.03. The average Bonchev–Trinajstić information content (AvgIpc) is 3.15. The number of aliphatic hydroxyl groups excluding tert-OH is 1. The lowest BCUT2D eigenvalue weighted by Crippen LogP contribution is -2.53. The van der Waals surface area contributed by atoms with E-state index in [0.29, 0.717) is 6.54 Å². The second-order valence-corrected chi connectivity index (χ2v) is 6.56. The van der Waals surface area contributed by atoms with Gasteiger partial charge in [0.25, 0.3) is 0 Å². The number of thiophene rings is 1. The van der Waals surface area contributed by atoms with Crippen molar-refractivity contribution < 1.29 is 5.11 Å². The van der Waals surface area contributed by atoms with Gasteiger partial charge < -0.3 is 15.3 Å². The van der Waals surface area contributed by atoms with Crippen molar-refractivity contribution in [1.82, 2.24) is 20.2 Å². The van der Waals surface area contributed by atoms with Crippen molar-refractivity contribution in [3.63, 3.8) is 0 Å². The number of nitrogens with zero attached hydrogens (tertiary/aromatic N) is 4. The van der Waals surface area contributed by atoms with Gasteiger partial charge in [0.1, 0.15) is 12.1 Å². The van der Waals surface area contributed by atoms with Crippen LogP contribution in [0.25, 0.3) is 10.2 Å². The highest BCUT2D eigenvalue weighted by Gasteiger charge is 2.32. The molecule has 2 aromatic heterocycles. The van der Waals surface area contributed by atoms with Crippen LogP contribution in [0.15, 0.2) is 17.8 Å². The number of anilines is 1. The van der Waals surface area contributed by atoms with Crippen LogP contribution in [0.3, 0.4) is 0 Å². The lowest BCUT2D eigenvalue weighted by molar-refractivity contribution is 0.0792. The number of hydrogen-bond donors (Lipinski definition) is 2. The number of β-amino-alcohol motifs (C(OH)–C–C–N with tert-alkyl or cyclic N) is 1. The van der Waals surface area contributed by atoms with Crippen molar-refractivity contribution in [2.75, 3.05) is 44.2 Å². The molecule has 2 fully saturated rings. The Labute approximate surface area is 127 Å². The number of aliphatic hydroxyl groups is 1. The normalized spacial score (nSPS) is 27.6. The third-order valence-corrected chi connectivity index (χ3v) is 5.36.